The molecule has 1 nitrogen and oxygen atoms in total. The summed E-state index contributed by atoms with van der Waals surface area (Å²) in [6.07, 6.45) is 0. The molecular weight excluding hydrogens is 212 g/mol. The molecule has 0 aliphatic heterocycles. The third kappa shape index (κ3) is 1.30. The first kappa shape index (κ1) is 8.85. The van der Waals surface area contributed by atoms with Gasteiger partial charge in [-0.05, 0) is 19.1 Å². The summed E-state index contributed by atoms with van der Waals surface area (Å²) in [7, 11) is 0. The Morgan fingerprint density at radius 1 is 1.31 bits per heavy atom. The van der Waals surface area contributed by atoms with E-state index >= 15 is 0 Å². The standard InChI is InChI=1S/C9H6Cl2FN/c1-4-2-5-8(11)7(12)3-6(10)9(5)13-4/h2-3,13H,1H3. The summed E-state index contributed by atoms with van der Waals surface area (Å²) in [6.45, 7) is 1.87. The summed E-state index contributed by atoms with van der Waals surface area (Å²) in [4.78, 5) is 3.01. The van der Waals surface area contributed by atoms with Crippen molar-refractivity contribution >= 4 is 34.1 Å². The van der Waals surface area contributed by atoms with E-state index in [-0.39, 0.29) is 5.02 Å². The number of rotatable bonds is 0. The maximum atomic E-state index is 13.1. The lowest BCUT2D eigenvalue weighted by Gasteiger charge is -1.98. The third-order valence-corrected chi connectivity index (χ3v) is 2.57. The van der Waals surface area contributed by atoms with Crippen molar-refractivity contribution < 1.29 is 4.39 Å². The van der Waals surface area contributed by atoms with Gasteiger partial charge in [0, 0.05) is 11.1 Å². The summed E-state index contributed by atoms with van der Waals surface area (Å²) >= 11 is 11.6. The highest BCUT2D eigenvalue weighted by atomic mass is 35.5. The van der Waals surface area contributed by atoms with Gasteiger partial charge >= 0.3 is 0 Å². The molecule has 0 radical (unpaired) electrons. The molecule has 0 amide bonds. The normalized spacial score (nSPS) is 11.1. The van der Waals surface area contributed by atoms with Crippen LogP contribution in [-0.2, 0) is 0 Å². The minimum Gasteiger partial charge on any atom is -0.357 e. The van der Waals surface area contributed by atoms with Gasteiger partial charge in [-0.2, -0.15) is 0 Å². The molecule has 0 spiro atoms. The third-order valence-electron chi connectivity index (χ3n) is 1.89. The molecule has 4 heteroatoms. The summed E-state index contributed by atoms with van der Waals surface area (Å²) in [5, 5.41) is 1.10. The monoisotopic (exact) mass is 217 g/mol. The molecule has 0 aliphatic rings. The first-order chi connectivity index (χ1) is 6.09. The Kier molecular flexibility index (Phi) is 1.97. The fourth-order valence-electron chi connectivity index (χ4n) is 1.33. The molecule has 1 heterocycles. The van der Waals surface area contributed by atoms with Crippen LogP contribution in [0.2, 0.25) is 10.0 Å². The summed E-state index contributed by atoms with van der Waals surface area (Å²) < 4.78 is 13.1. The number of H-pyrrole nitrogens is 1. The number of hydrogen-bond acceptors (Lipinski definition) is 0. The first-order valence-electron chi connectivity index (χ1n) is 3.72. The zero-order valence-electron chi connectivity index (χ0n) is 6.79. The van der Waals surface area contributed by atoms with Crippen LogP contribution in [0.1, 0.15) is 5.69 Å². The predicted molar refractivity (Wildman–Crippen MR) is 53.0 cm³/mol. The van der Waals surface area contributed by atoms with Gasteiger partial charge in [-0.1, -0.05) is 23.2 Å². The molecule has 68 valence electrons. The van der Waals surface area contributed by atoms with Crippen molar-refractivity contribution in [2.75, 3.05) is 0 Å². The maximum absolute atomic E-state index is 13.1. The van der Waals surface area contributed by atoms with E-state index in [0.717, 1.165) is 5.69 Å². The Morgan fingerprint density at radius 2 is 2.00 bits per heavy atom. The van der Waals surface area contributed by atoms with Gasteiger partial charge in [0.2, 0.25) is 0 Å². The van der Waals surface area contributed by atoms with Crippen molar-refractivity contribution in [3.63, 3.8) is 0 Å². The van der Waals surface area contributed by atoms with Crippen LogP contribution in [0.25, 0.3) is 10.9 Å². The molecule has 1 aromatic heterocycles. The lowest BCUT2D eigenvalue weighted by atomic mass is 10.2. The number of nitrogens with one attached hydrogen (secondary N) is 1. The molecule has 0 saturated heterocycles. The zero-order valence-corrected chi connectivity index (χ0v) is 8.30. The number of aromatic nitrogens is 1. The van der Waals surface area contributed by atoms with Crippen LogP contribution in [0, 0.1) is 12.7 Å². The number of fused-ring (bicyclic) bond motifs is 1. The van der Waals surface area contributed by atoms with Gasteiger partial charge in [0.15, 0.2) is 0 Å². The van der Waals surface area contributed by atoms with E-state index in [1.54, 1.807) is 6.07 Å². The van der Waals surface area contributed by atoms with Gasteiger partial charge < -0.3 is 4.98 Å². The van der Waals surface area contributed by atoms with Gasteiger partial charge in [-0.15, -0.1) is 0 Å². The van der Waals surface area contributed by atoms with Gasteiger partial charge in [-0.25, -0.2) is 4.39 Å². The van der Waals surface area contributed by atoms with Crippen LogP contribution in [-0.4, -0.2) is 4.98 Å². The van der Waals surface area contributed by atoms with Crippen molar-refractivity contribution in [3.05, 3.63) is 33.7 Å². The van der Waals surface area contributed by atoms with Crippen molar-refractivity contribution in [1.82, 2.24) is 4.98 Å². The van der Waals surface area contributed by atoms with Crippen LogP contribution >= 0.6 is 23.2 Å². The van der Waals surface area contributed by atoms with E-state index in [4.69, 9.17) is 23.2 Å². The zero-order chi connectivity index (χ0) is 9.59. The smallest absolute Gasteiger partial charge is 0.144 e. The molecule has 13 heavy (non-hydrogen) atoms. The molecule has 0 saturated carbocycles. The number of aromatic amines is 1. The second-order valence-electron chi connectivity index (χ2n) is 2.90. The average molecular weight is 218 g/mol. The Balaban J connectivity index is 2.95. The second-order valence-corrected chi connectivity index (χ2v) is 3.68. The largest absolute Gasteiger partial charge is 0.357 e. The lowest BCUT2D eigenvalue weighted by molar-refractivity contribution is 0.630. The van der Waals surface area contributed by atoms with E-state index in [0.29, 0.717) is 15.9 Å². The minimum absolute atomic E-state index is 0.115. The van der Waals surface area contributed by atoms with E-state index in [9.17, 15) is 4.39 Å². The molecule has 0 aliphatic carbocycles. The van der Waals surface area contributed by atoms with E-state index in [2.05, 4.69) is 4.98 Å². The average Bonchev–Trinajstić information content (AvgIpc) is 2.44. The predicted octanol–water partition coefficient (Wildman–Crippen LogP) is 3.92. The molecule has 1 N–H and O–H groups in total. The molecule has 0 bridgehead atoms. The Morgan fingerprint density at radius 3 is 2.69 bits per heavy atom. The fraction of sp³-hybridized carbons (Fsp3) is 0.111. The van der Waals surface area contributed by atoms with Gasteiger partial charge in [-0.3, -0.25) is 0 Å². The summed E-state index contributed by atoms with van der Waals surface area (Å²) in [5.74, 6) is -0.488. The molecular formula is C9H6Cl2FN. The number of benzene rings is 1. The van der Waals surface area contributed by atoms with Crippen LogP contribution in [0.5, 0.6) is 0 Å². The second kappa shape index (κ2) is 2.89. The van der Waals surface area contributed by atoms with Gasteiger partial charge in [0.25, 0.3) is 0 Å². The number of halogens is 3. The first-order valence-corrected chi connectivity index (χ1v) is 4.48. The number of hydrogen-bond donors (Lipinski definition) is 1. The van der Waals surface area contributed by atoms with Crippen molar-refractivity contribution in [1.29, 1.82) is 0 Å². The molecule has 2 aromatic rings. The fourth-order valence-corrected chi connectivity index (χ4v) is 1.77. The highest BCUT2D eigenvalue weighted by Gasteiger charge is 2.10. The van der Waals surface area contributed by atoms with E-state index < -0.39 is 5.82 Å². The highest BCUT2D eigenvalue weighted by Crippen LogP contribution is 2.32. The van der Waals surface area contributed by atoms with Crippen LogP contribution in [0.3, 0.4) is 0 Å². The Labute approximate surface area is 84.5 Å². The Bertz CT molecular complexity index is 476. The van der Waals surface area contributed by atoms with Crippen molar-refractivity contribution in [2.45, 2.75) is 6.92 Å². The quantitative estimate of drug-likeness (QED) is 0.645. The van der Waals surface area contributed by atoms with Crippen molar-refractivity contribution in [3.8, 4) is 0 Å². The lowest BCUT2D eigenvalue weighted by Crippen LogP contribution is -1.79. The molecule has 1 aromatic carbocycles. The summed E-state index contributed by atoms with van der Waals surface area (Å²) in [6, 6.07) is 2.98. The van der Waals surface area contributed by atoms with Crippen molar-refractivity contribution in [2.24, 2.45) is 0 Å². The molecule has 0 fully saturated rings. The SMILES string of the molecule is Cc1cc2c(Cl)c(F)cc(Cl)c2[nH]1. The summed E-state index contributed by atoms with van der Waals surface area (Å²) in [5.41, 5.74) is 1.59. The van der Waals surface area contributed by atoms with E-state index in [1.807, 2.05) is 6.92 Å². The van der Waals surface area contributed by atoms with Crippen LogP contribution < -0.4 is 0 Å². The highest BCUT2D eigenvalue weighted by molar-refractivity contribution is 6.40. The maximum Gasteiger partial charge on any atom is 0.144 e. The molecule has 2 rings (SSSR count). The van der Waals surface area contributed by atoms with Gasteiger partial charge in [0.05, 0.1) is 15.6 Å². The topological polar surface area (TPSA) is 15.8 Å². The van der Waals surface area contributed by atoms with E-state index in [1.165, 1.54) is 6.07 Å². The molecule has 0 unspecified atom stereocenters. The molecule has 0 atom stereocenters. The number of aryl methyl sites for hydroxylation is 1. The van der Waals surface area contributed by atoms with Gasteiger partial charge in [0.1, 0.15) is 5.82 Å². The van der Waals surface area contributed by atoms with Crippen LogP contribution in [0.15, 0.2) is 12.1 Å². The Hall–Kier alpha value is -0.730. The minimum atomic E-state index is -0.488. The van der Waals surface area contributed by atoms with Crippen LogP contribution in [0.4, 0.5) is 4.39 Å².